The van der Waals surface area contributed by atoms with Gasteiger partial charge >= 0.3 is 5.97 Å². The number of ether oxygens (including phenoxy) is 1. The van der Waals surface area contributed by atoms with Crippen LogP contribution in [0.2, 0.25) is 0 Å². The topological polar surface area (TPSA) is 58.6 Å². The van der Waals surface area contributed by atoms with E-state index < -0.39 is 5.60 Å². The van der Waals surface area contributed by atoms with Crippen LogP contribution in [0, 0.1) is 5.92 Å². The van der Waals surface area contributed by atoms with Gasteiger partial charge in [0.15, 0.2) is 0 Å². The van der Waals surface area contributed by atoms with E-state index in [4.69, 9.17) is 0 Å². The first-order valence-electron chi connectivity index (χ1n) is 5.86. The molecule has 0 aromatic rings. The number of rotatable bonds is 7. The summed E-state index contributed by atoms with van der Waals surface area (Å²) < 4.78 is 4.67. The van der Waals surface area contributed by atoms with Crippen LogP contribution >= 0.6 is 0 Å². The highest BCUT2D eigenvalue weighted by molar-refractivity contribution is 5.75. The lowest BCUT2D eigenvalue weighted by atomic mass is 9.94. The molecule has 0 rings (SSSR count). The smallest absolute Gasteiger partial charge is 0.322 e. The standard InChI is InChI=1S/C12H25NO3/c1-6-10(11(14)16-5)13-8-12(4,15)7-9(2)3/h9-10,13,15H,6-8H2,1-5H3. The number of esters is 1. The van der Waals surface area contributed by atoms with E-state index in [1.165, 1.54) is 7.11 Å². The molecule has 0 fully saturated rings. The van der Waals surface area contributed by atoms with Crippen LogP contribution < -0.4 is 5.32 Å². The van der Waals surface area contributed by atoms with Crippen molar-refractivity contribution in [3.63, 3.8) is 0 Å². The molecule has 2 N–H and O–H groups in total. The lowest BCUT2D eigenvalue weighted by Crippen LogP contribution is -2.46. The maximum absolute atomic E-state index is 11.3. The third-order valence-electron chi connectivity index (χ3n) is 2.47. The Morgan fingerprint density at radius 1 is 1.50 bits per heavy atom. The van der Waals surface area contributed by atoms with Crippen molar-refractivity contribution in [3.8, 4) is 0 Å². The molecule has 0 saturated heterocycles. The van der Waals surface area contributed by atoms with E-state index in [0.717, 1.165) is 0 Å². The normalized spacial score (nSPS) is 16.9. The summed E-state index contributed by atoms with van der Waals surface area (Å²) in [5.74, 6) is 0.151. The van der Waals surface area contributed by atoms with E-state index in [-0.39, 0.29) is 12.0 Å². The average molecular weight is 231 g/mol. The Kier molecular flexibility index (Phi) is 6.60. The molecular weight excluding hydrogens is 206 g/mol. The van der Waals surface area contributed by atoms with Crippen molar-refractivity contribution >= 4 is 5.97 Å². The van der Waals surface area contributed by atoms with E-state index in [1.807, 2.05) is 6.92 Å². The third-order valence-corrected chi connectivity index (χ3v) is 2.47. The van der Waals surface area contributed by atoms with Crippen molar-refractivity contribution in [2.75, 3.05) is 13.7 Å². The van der Waals surface area contributed by atoms with Crippen LogP contribution in [0.3, 0.4) is 0 Å². The molecule has 0 spiro atoms. The molecule has 0 amide bonds. The summed E-state index contributed by atoms with van der Waals surface area (Å²) in [6.45, 7) is 8.21. The van der Waals surface area contributed by atoms with Gasteiger partial charge in [0, 0.05) is 6.54 Å². The van der Waals surface area contributed by atoms with E-state index in [1.54, 1.807) is 6.92 Å². The Balaban J connectivity index is 4.14. The fraction of sp³-hybridized carbons (Fsp3) is 0.917. The Bertz CT molecular complexity index is 214. The lowest BCUT2D eigenvalue weighted by molar-refractivity contribution is -0.143. The molecule has 2 unspecified atom stereocenters. The zero-order valence-electron chi connectivity index (χ0n) is 11.0. The molecule has 0 saturated carbocycles. The number of hydrogen-bond acceptors (Lipinski definition) is 4. The largest absolute Gasteiger partial charge is 0.468 e. The Morgan fingerprint density at radius 2 is 2.06 bits per heavy atom. The minimum absolute atomic E-state index is 0.275. The molecule has 0 aromatic heterocycles. The summed E-state index contributed by atoms with van der Waals surface area (Å²) in [6.07, 6.45) is 1.36. The number of carbonyl (C=O) groups excluding carboxylic acids is 1. The Morgan fingerprint density at radius 3 is 2.44 bits per heavy atom. The van der Waals surface area contributed by atoms with Crippen LogP contribution in [0.1, 0.15) is 40.5 Å². The molecule has 4 heteroatoms. The number of nitrogens with one attached hydrogen (secondary N) is 1. The van der Waals surface area contributed by atoms with E-state index in [2.05, 4.69) is 23.9 Å². The van der Waals surface area contributed by atoms with Gasteiger partial charge in [0.1, 0.15) is 6.04 Å². The van der Waals surface area contributed by atoms with Gasteiger partial charge in [-0.2, -0.15) is 0 Å². The molecule has 0 aliphatic heterocycles. The lowest BCUT2D eigenvalue weighted by Gasteiger charge is -2.27. The average Bonchev–Trinajstić information content (AvgIpc) is 2.16. The predicted octanol–water partition coefficient (Wildman–Crippen LogP) is 1.32. The summed E-state index contributed by atoms with van der Waals surface area (Å²) in [7, 11) is 1.37. The van der Waals surface area contributed by atoms with Crippen molar-refractivity contribution in [3.05, 3.63) is 0 Å². The van der Waals surface area contributed by atoms with Crippen molar-refractivity contribution in [1.29, 1.82) is 0 Å². The van der Waals surface area contributed by atoms with Crippen LogP contribution in [0.4, 0.5) is 0 Å². The van der Waals surface area contributed by atoms with Crippen LogP contribution in [0.15, 0.2) is 0 Å². The third kappa shape index (κ3) is 6.08. The molecule has 2 atom stereocenters. The molecule has 0 bridgehead atoms. The highest BCUT2D eigenvalue weighted by atomic mass is 16.5. The second-order valence-electron chi connectivity index (χ2n) is 4.96. The first-order valence-corrected chi connectivity index (χ1v) is 5.86. The van der Waals surface area contributed by atoms with Crippen LogP contribution in [0.25, 0.3) is 0 Å². The number of methoxy groups -OCH3 is 1. The summed E-state index contributed by atoms with van der Waals surface area (Å²) in [5, 5.41) is 13.1. The maximum atomic E-state index is 11.3. The predicted molar refractivity (Wildman–Crippen MR) is 64.2 cm³/mol. The van der Waals surface area contributed by atoms with Crippen molar-refractivity contribution in [1.82, 2.24) is 5.32 Å². The van der Waals surface area contributed by atoms with Gasteiger partial charge in [0.2, 0.25) is 0 Å². The molecule has 0 aliphatic carbocycles. The molecule has 0 radical (unpaired) electrons. The van der Waals surface area contributed by atoms with Gasteiger partial charge in [-0.3, -0.25) is 4.79 Å². The second kappa shape index (κ2) is 6.86. The zero-order chi connectivity index (χ0) is 12.8. The highest BCUT2D eigenvalue weighted by Crippen LogP contribution is 2.15. The summed E-state index contributed by atoms with van der Waals surface area (Å²) in [5.41, 5.74) is -0.782. The SMILES string of the molecule is CCC(NCC(C)(O)CC(C)C)C(=O)OC. The molecule has 96 valence electrons. The summed E-state index contributed by atoms with van der Waals surface area (Å²) >= 11 is 0. The van der Waals surface area contributed by atoms with Gasteiger partial charge in [-0.05, 0) is 25.7 Å². The van der Waals surface area contributed by atoms with Gasteiger partial charge in [-0.15, -0.1) is 0 Å². The van der Waals surface area contributed by atoms with Crippen LogP contribution in [-0.4, -0.2) is 36.4 Å². The first kappa shape index (κ1) is 15.4. The monoisotopic (exact) mass is 231 g/mol. The van der Waals surface area contributed by atoms with Gasteiger partial charge in [-0.1, -0.05) is 20.8 Å². The fourth-order valence-corrected chi connectivity index (χ4v) is 1.83. The van der Waals surface area contributed by atoms with E-state index in [9.17, 15) is 9.90 Å². The number of aliphatic hydroxyl groups is 1. The van der Waals surface area contributed by atoms with Gasteiger partial charge in [0.25, 0.3) is 0 Å². The minimum Gasteiger partial charge on any atom is -0.468 e. The molecule has 0 heterocycles. The van der Waals surface area contributed by atoms with E-state index >= 15 is 0 Å². The zero-order valence-corrected chi connectivity index (χ0v) is 11.0. The van der Waals surface area contributed by atoms with Crippen molar-refractivity contribution < 1.29 is 14.6 Å². The molecule has 4 nitrogen and oxygen atoms in total. The summed E-state index contributed by atoms with van der Waals surface area (Å²) in [4.78, 5) is 11.3. The fourth-order valence-electron chi connectivity index (χ4n) is 1.83. The second-order valence-corrected chi connectivity index (χ2v) is 4.96. The van der Waals surface area contributed by atoms with Crippen molar-refractivity contribution in [2.45, 2.75) is 52.2 Å². The Hall–Kier alpha value is -0.610. The number of hydrogen-bond donors (Lipinski definition) is 2. The van der Waals surface area contributed by atoms with E-state index in [0.29, 0.717) is 25.3 Å². The quantitative estimate of drug-likeness (QED) is 0.649. The molecular formula is C12H25NO3. The maximum Gasteiger partial charge on any atom is 0.322 e. The summed E-state index contributed by atoms with van der Waals surface area (Å²) in [6, 6.07) is -0.330. The Labute approximate surface area is 98.4 Å². The van der Waals surface area contributed by atoms with Gasteiger partial charge < -0.3 is 15.2 Å². The first-order chi connectivity index (χ1) is 7.32. The van der Waals surface area contributed by atoms with Gasteiger partial charge in [0.05, 0.1) is 12.7 Å². The number of carbonyl (C=O) groups is 1. The van der Waals surface area contributed by atoms with Crippen LogP contribution in [0.5, 0.6) is 0 Å². The van der Waals surface area contributed by atoms with Crippen molar-refractivity contribution in [2.24, 2.45) is 5.92 Å². The molecule has 0 aromatic carbocycles. The van der Waals surface area contributed by atoms with Crippen LogP contribution in [-0.2, 0) is 9.53 Å². The van der Waals surface area contributed by atoms with Gasteiger partial charge in [-0.25, -0.2) is 0 Å². The minimum atomic E-state index is -0.782. The molecule has 0 aliphatic rings. The molecule has 16 heavy (non-hydrogen) atoms. The highest BCUT2D eigenvalue weighted by Gasteiger charge is 2.25.